The fraction of sp³-hybridized carbons (Fsp3) is 0.174. The molecule has 0 spiro atoms. The molecule has 0 aromatic heterocycles. The van der Waals surface area contributed by atoms with Crippen LogP contribution in [0.1, 0.15) is 19.4 Å². The van der Waals surface area contributed by atoms with Crippen LogP contribution in [-0.2, 0) is 0 Å². The predicted molar refractivity (Wildman–Crippen MR) is 115 cm³/mol. The predicted octanol–water partition coefficient (Wildman–Crippen LogP) is 0.570. The van der Waals surface area contributed by atoms with Gasteiger partial charge in [-0.25, -0.2) is 0 Å². The lowest BCUT2D eigenvalue weighted by Crippen LogP contribution is -3.00. The van der Waals surface area contributed by atoms with E-state index in [9.17, 15) is 0 Å². The van der Waals surface area contributed by atoms with E-state index >= 15 is 0 Å². The summed E-state index contributed by atoms with van der Waals surface area (Å²) in [6.45, 7) is 5.25. The first kappa shape index (κ1) is 21.5. The number of quaternary nitrogens is 1. The van der Waals surface area contributed by atoms with Gasteiger partial charge in [-0.15, -0.1) is 10.2 Å². The summed E-state index contributed by atoms with van der Waals surface area (Å²) in [5.74, 6) is 2.60. The van der Waals surface area contributed by atoms with E-state index in [1.165, 1.54) is 0 Å². The van der Waals surface area contributed by atoms with Gasteiger partial charge in [0.15, 0.2) is 0 Å². The Balaban J connectivity index is 0.00000256. The van der Waals surface area contributed by atoms with Crippen molar-refractivity contribution >= 4 is 17.2 Å². The molecule has 7 heteroatoms. The van der Waals surface area contributed by atoms with Crippen LogP contribution in [0.4, 0.5) is 11.4 Å². The molecule has 0 unspecified atom stereocenters. The van der Waals surface area contributed by atoms with Crippen LogP contribution < -0.4 is 37.5 Å². The number of anilines is 2. The molecule has 0 fully saturated rings. The minimum Gasteiger partial charge on any atom is -1.00 e. The first-order valence-corrected chi connectivity index (χ1v) is 9.82. The van der Waals surface area contributed by atoms with Gasteiger partial charge in [0.1, 0.15) is 17.2 Å². The molecule has 0 amide bonds. The molecule has 3 aromatic carbocycles. The molecule has 0 atom stereocenters. The summed E-state index contributed by atoms with van der Waals surface area (Å²) in [4.78, 5) is 0. The summed E-state index contributed by atoms with van der Waals surface area (Å²) in [5, 5.41) is 8.80. The second-order valence-electron chi connectivity index (χ2n) is 6.47. The van der Waals surface area contributed by atoms with Crippen molar-refractivity contribution in [2.24, 2.45) is 5.10 Å². The minimum atomic E-state index is 0. The van der Waals surface area contributed by atoms with E-state index in [0.717, 1.165) is 34.3 Å². The summed E-state index contributed by atoms with van der Waals surface area (Å²) in [7, 11) is 0. The number of halogens is 1. The van der Waals surface area contributed by atoms with Gasteiger partial charge in [-0.05, 0) is 74.5 Å². The number of rotatable bonds is 7. The third-order valence-corrected chi connectivity index (χ3v) is 4.51. The van der Waals surface area contributed by atoms with E-state index in [1.807, 2.05) is 96.2 Å². The van der Waals surface area contributed by atoms with Crippen LogP contribution >= 0.6 is 0 Å². The molecule has 0 saturated heterocycles. The third kappa shape index (κ3) is 4.67. The molecule has 0 bridgehead atoms. The average Bonchev–Trinajstić information content (AvgIpc) is 3.21. The summed E-state index contributed by atoms with van der Waals surface area (Å²) in [5.41, 5.74) is 5.06. The second-order valence-corrected chi connectivity index (χ2v) is 6.47. The number of nitrogens with two attached hydrogens (primary N) is 1. The topological polar surface area (TPSA) is 53.9 Å². The van der Waals surface area contributed by atoms with Crippen LogP contribution in [0.3, 0.4) is 0 Å². The Morgan fingerprint density at radius 3 is 1.80 bits per heavy atom. The van der Waals surface area contributed by atoms with Gasteiger partial charge in [0, 0.05) is 0 Å². The number of ether oxygens (including phenoxy) is 2. The van der Waals surface area contributed by atoms with E-state index in [0.29, 0.717) is 13.2 Å². The van der Waals surface area contributed by atoms with Crippen LogP contribution in [0.15, 0.2) is 84.0 Å². The number of amidine groups is 1. The van der Waals surface area contributed by atoms with Gasteiger partial charge in [0.2, 0.25) is 0 Å². The largest absolute Gasteiger partial charge is 1.00 e. The maximum absolute atomic E-state index is 5.58. The maximum Gasteiger partial charge on any atom is 0.277 e. The average molecular weight is 425 g/mol. The Hall–Kier alpha value is -3.22. The fourth-order valence-electron chi connectivity index (χ4n) is 3.16. The molecule has 30 heavy (non-hydrogen) atoms. The lowest BCUT2D eigenvalue weighted by atomic mass is 10.2. The zero-order valence-corrected chi connectivity index (χ0v) is 17.8. The molecule has 1 aliphatic rings. The van der Waals surface area contributed by atoms with Crippen LogP contribution in [0.2, 0.25) is 0 Å². The highest BCUT2D eigenvalue weighted by atomic mass is 35.5. The number of hydrazine groups is 1. The van der Waals surface area contributed by atoms with Crippen molar-refractivity contribution in [1.82, 2.24) is 0 Å². The van der Waals surface area contributed by atoms with E-state index < -0.39 is 0 Å². The summed E-state index contributed by atoms with van der Waals surface area (Å²) >= 11 is 0. The standard InChI is InChI=1S/C23H24N4O2.ClH/c1-3-28-21-14-10-19(11-15-21)26-24-23(18-8-6-5-7-9-18)25-27(26)20-12-16-22(17-13-20)29-4-2;/h5-17H,3-4H2,1-2H3,(H,24,25);1H. The zero-order valence-electron chi connectivity index (χ0n) is 17.0. The Morgan fingerprint density at radius 1 is 0.733 bits per heavy atom. The van der Waals surface area contributed by atoms with Gasteiger partial charge in [-0.3, -0.25) is 0 Å². The molecule has 0 aliphatic carbocycles. The number of benzene rings is 3. The van der Waals surface area contributed by atoms with Gasteiger partial charge in [-0.2, -0.15) is 5.43 Å². The molecule has 1 aliphatic heterocycles. The van der Waals surface area contributed by atoms with Gasteiger partial charge in [0.25, 0.3) is 5.84 Å². The molecule has 156 valence electrons. The Bertz CT molecular complexity index is 963. The highest BCUT2D eigenvalue weighted by Crippen LogP contribution is 2.26. The van der Waals surface area contributed by atoms with E-state index in [4.69, 9.17) is 14.6 Å². The smallest absolute Gasteiger partial charge is 0.277 e. The summed E-state index contributed by atoms with van der Waals surface area (Å²) < 4.78 is 11.1. The molecule has 0 radical (unpaired) electrons. The van der Waals surface area contributed by atoms with Gasteiger partial charge >= 0.3 is 0 Å². The van der Waals surface area contributed by atoms with Gasteiger partial charge < -0.3 is 21.9 Å². The monoisotopic (exact) mass is 424 g/mol. The molecule has 6 nitrogen and oxygen atoms in total. The Morgan fingerprint density at radius 2 is 1.27 bits per heavy atom. The van der Waals surface area contributed by atoms with Crippen molar-refractivity contribution < 1.29 is 27.3 Å². The quantitative estimate of drug-likeness (QED) is 0.563. The molecule has 0 saturated carbocycles. The lowest BCUT2D eigenvalue weighted by Gasteiger charge is -2.24. The Kier molecular flexibility index (Phi) is 7.17. The van der Waals surface area contributed by atoms with Crippen molar-refractivity contribution in [2.75, 3.05) is 23.4 Å². The van der Waals surface area contributed by atoms with Crippen molar-refractivity contribution in [2.45, 2.75) is 13.8 Å². The molecule has 1 heterocycles. The Labute approximate surface area is 183 Å². The SMILES string of the molecule is CCOc1ccc(N2N=C(c3ccccc3)[NH2+]N2c2ccc(OCC)cc2)cc1.[Cl-]. The van der Waals surface area contributed by atoms with Crippen LogP contribution in [0.5, 0.6) is 11.5 Å². The fourth-order valence-corrected chi connectivity index (χ4v) is 3.16. The number of nitrogens with zero attached hydrogens (tertiary/aromatic N) is 3. The third-order valence-electron chi connectivity index (χ3n) is 4.51. The molecule has 4 rings (SSSR count). The number of hydrazone groups is 1. The van der Waals surface area contributed by atoms with Crippen molar-refractivity contribution in [3.05, 3.63) is 84.4 Å². The first-order valence-electron chi connectivity index (χ1n) is 9.82. The molecule has 3 aromatic rings. The maximum atomic E-state index is 5.58. The number of hydrogen-bond acceptors (Lipinski definition) is 5. The molecule has 2 N–H and O–H groups in total. The van der Waals surface area contributed by atoms with Crippen LogP contribution in [-0.4, -0.2) is 19.0 Å². The molecular weight excluding hydrogens is 400 g/mol. The van der Waals surface area contributed by atoms with Crippen molar-refractivity contribution in [3.63, 3.8) is 0 Å². The second kappa shape index (κ2) is 10.0. The normalized spacial score (nSPS) is 12.9. The van der Waals surface area contributed by atoms with Crippen molar-refractivity contribution in [1.29, 1.82) is 0 Å². The van der Waals surface area contributed by atoms with Gasteiger partial charge in [-0.1, -0.05) is 23.3 Å². The highest BCUT2D eigenvalue weighted by Gasteiger charge is 2.31. The van der Waals surface area contributed by atoms with Crippen LogP contribution in [0, 0.1) is 0 Å². The molecular formula is C23H25ClN4O2. The summed E-state index contributed by atoms with van der Waals surface area (Å²) in [6, 6.07) is 26.1. The lowest BCUT2D eigenvalue weighted by molar-refractivity contribution is -0.545. The van der Waals surface area contributed by atoms with Crippen molar-refractivity contribution in [3.8, 4) is 11.5 Å². The zero-order chi connectivity index (χ0) is 20.1. The van der Waals surface area contributed by atoms with E-state index in [2.05, 4.69) is 12.1 Å². The van der Waals surface area contributed by atoms with E-state index in [-0.39, 0.29) is 12.4 Å². The van der Waals surface area contributed by atoms with Crippen LogP contribution in [0.25, 0.3) is 0 Å². The number of hydrogen-bond donors (Lipinski definition) is 1. The first-order chi connectivity index (χ1) is 14.3. The van der Waals surface area contributed by atoms with E-state index in [1.54, 1.807) is 0 Å². The minimum absolute atomic E-state index is 0. The summed E-state index contributed by atoms with van der Waals surface area (Å²) in [6.07, 6.45) is 0. The van der Waals surface area contributed by atoms with Gasteiger partial charge in [0.05, 0.1) is 24.5 Å². The highest BCUT2D eigenvalue weighted by molar-refractivity contribution is 5.93.